The van der Waals surface area contributed by atoms with Gasteiger partial charge in [0.1, 0.15) is 13.2 Å². The zero-order valence-electron chi connectivity index (χ0n) is 55.1. The summed E-state index contributed by atoms with van der Waals surface area (Å²) in [5, 5.41) is 14.1. The summed E-state index contributed by atoms with van der Waals surface area (Å²) in [5.74, 6) is -0.133. The Bertz CT molecular complexity index is 1260. The monoisotopic (exact) mass is 1150 g/mol. The minimum absolute atomic E-state index is 0.0793. The van der Waals surface area contributed by atoms with E-state index in [0.717, 1.165) is 38.5 Å². The van der Waals surface area contributed by atoms with Crippen molar-refractivity contribution in [2.45, 2.75) is 411 Å². The van der Waals surface area contributed by atoms with Crippen molar-refractivity contribution >= 4 is 13.7 Å². The lowest BCUT2D eigenvalue weighted by Gasteiger charge is -2.26. The minimum Gasteiger partial charge on any atom is -0.391 e. The van der Waals surface area contributed by atoms with Gasteiger partial charge in [-0.05, 0) is 12.8 Å². The number of aliphatic hydroxyl groups excluding tert-OH is 1. The number of likely N-dealkylation sites (N-methyl/N-ethyl adjacent to an activating group) is 1. The maximum Gasteiger partial charge on any atom is 0.472 e. The molecule has 480 valence electrons. The highest BCUT2D eigenvalue weighted by atomic mass is 31.2. The number of nitrogens with one attached hydrogen (secondary N) is 1. The van der Waals surface area contributed by atoms with Crippen molar-refractivity contribution in [2.24, 2.45) is 0 Å². The van der Waals surface area contributed by atoms with E-state index in [9.17, 15) is 19.4 Å². The van der Waals surface area contributed by atoms with Crippen LogP contribution < -0.4 is 5.32 Å². The van der Waals surface area contributed by atoms with E-state index in [4.69, 9.17) is 9.05 Å². The van der Waals surface area contributed by atoms with Crippen LogP contribution in [0.5, 0.6) is 0 Å². The molecule has 0 fully saturated rings. The average molecular weight is 1150 g/mol. The van der Waals surface area contributed by atoms with Crippen molar-refractivity contribution < 1.29 is 32.9 Å². The SMILES string of the molecule is CCCCCCCCCCCCCCCCCCCCCCCCCCCCCCCCCCCCCCCCCCC(=O)NC(COP(=O)(O)OCC[N+](C)(C)C)C(O)CCCCCCCCCCCCCCCCCCCC. The smallest absolute Gasteiger partial charge is 0.391 e. The maximum atomic E-state index is 13.1. The first-order valence-electron chi connectivity index (χ1n) is 36.4. The van der Waals surface area contributed by atoms with E-state index >= 15 is 0 Å². The fraction of sp³-hybridized carbons (Fsp3) is 0.986. The highest BCUT2D eigenvalue weighted by Gasteiger charge is 2.28. The van der Waals surface area contributed by atoms with Gasteiger partial charge in [0, 0.05) is 6.42 Å². The average Bonchev–Trinajstić information content (AvgIpc) is 3.43. The highest BCUT2D eigenvalue weighted by Crippen LogP contribution is 2.43. The van der Waals surface area contributed by atoms with Crippen LogP contribution in [0.15, 0.2) is 0 Å². The van der Waals surface area contributed by atoms with Gasteiger partial charge in [0.2, 0.25) is 5.91 Å². The third-order valence-corrected chi connectivity index (χ3v) is 18.3. The molecule has 0 spiro atoms. The number of hydrogen-bond donors (Lipinski definition) is 3. The second kappa shape index (κ2) is 63.0. The van der Waals surface area contributed by atoms with Gasteiger partial charge < -0.3 is 19.8 Å². The lowest BCUT2D eigenvalue weighted by atomic mass is 10.0. The van der Waals surface area contributed by atoms with E-state index in [0.29, 0.717) is 23.9 Å². The number of carbonyl (C=O) groups excluding carboxylic acids is 1. The lowest BCUT2D eigenvalue weighted by Crippen LogP contribution is -2.46. The molecule has 8 nitrogen and oxygen atoms in total. The molecule has 0 heterocycles. The fourth-order valence-corrected chi connectivity index (χ4v) is 12.4. The van der Waals surface area contributed by atoms with Crippen molar-refractivity contribution in [1.29, 1.82) is 0 Å². The van der Waals surface area contributed by atoms with E-state index in [-0.39, 0.29) is 19.1 Å². The number of carbonyl (C=O) groups is 1. The zero-order chi connectivity index (χ0) is 58.4. The van der Waals surface area contributed by atoms with Crippen LogP contribution in [0, 0.1) is 0 Å². The summed E-state index contributed by atoms with van der Waals surface area (Å²) in [5.41, 5.74) is 0. The molecule has 9 heteroatoms. The first kappa shape index (κ1) is 79.5. The molecule has 3 atom stereocenters. The number of unbranched alkanes of at least 4 members (excludes halogenated alkanes) is 56. The van der Waals surface area contributed by atoms with Gasteiger partial charge in [-0.3, -0.25) is 13.8 Å². The molecule has 0 aliphatic heterocycles. The molecule has 1 amide bonds. The number of aliphatic hydroxyl groups is 1. The Balaban J connectivity index is 3.82. The Morgan fingerprint density at radius 2 is 0.600 bits per heavy atom. The van der Waals surface area contributed by atoms with Crippen LogP contribution in [0.1, 0.15) is 399 Å². The van der Waals surface area contributed by atoms with Crippen molar-refractivity contribution in [2.75, 3.05) is 40.9 Å². The third-order valence-electron chi connectivity index (χ3n) is 17.4. The predicted octanol–water partition coefficient (Wildman–Crippen LogP) is 23.1. The largest absolute Gasteiger partial charge is 0.472 e. The van der Waals surface area contributed by atoms with Gasteiger partial charge in [-0.2, -0.15) is 0 Å². The minimum atomic E-state index is -4.32. The standard InChI is InChI=1S/C71H145N2O6P/c1-6-8-10-12-14-16-18-20-22-24-26-27-28-29-30-31-32-33-34-35-36-37-38-39-40-41-42-43-44-45-46-47-49-51-53-55-57-59-61-63-65-71(75)72-69(68-79-80(76,77)78-67-66-73(3,4)5)70(74)64-62-60-58-56-54-52-50-48-25-23-21-19-17-15-13-11-9-7-2/h69-70,74H,6-68H2,1-5H3,(H-,72,75,76,77)/p+1. The van der Waals surface area contributed by atoms with Gasteiger partial charge in [0.05, 0.1) is 39.9 Å². The molecule has 0 saturated carbocycles. The van der Waals surface area contributed by atoms with Crippen LogP contribution in [-0.4, -0.2) is 73.4 Å². The van der Waals surface area contributed by atoms with Crippen molar-refractivity contribution in [3.8, 4) is 0 Å². The van der Waals surface area contributed by atoms with Gasteiger partial charge in [-0.1, -0.05) is 380 Å². The number of quaternary nitrogens is 1. The third kappa shape index (κ3) is 65.1. The van der Waals surface area contributed by atoms with Crippen LogP contribution in [0.3, 0.4) is 0 Å². The maximum absolute atomic E-state index is 13.1. The molecule has 0 radical (unpaired) electrons. The van der Waals surface area contributed by atoms with Crippen molar-refractivity contribution in [3.05, 3.63) is 0 Å². The molecule has 3 N–H and O–H groups in total. The van der Waals surface area contributed by atoms with Gasteiger partial charge >= 0.3 is 7.82 Å². The highest BCUT2D eigenvalue weighted by molar-refractivity contribution is 7.47. The van der Waals surface area contributed by atoms with Crippen molar-refractivity contribution in [3.63, 3.8) is 0 Å². The molecule has 0 saturated heterocycles. The molecule has 0 rings (SSSR count). The van der Waals surface area contributed by atoms with E-state index in [1.165, 1.54) is 334 Å². The summed E-state index contributed by atoms with van der Waals surface area (Å²) in [4.78, 5) is 23.4. The fourth-order valence-electron chi connectivity index (χ4n) is 11.7. The summed E-state index contributed by atoms with van der Waals surface area (Å²) in [6.07, 6.45) is 79.5. The summed E-state index contributed by atoms with van der Waals surface area (Å²) in [7, 11) is 1.64. The summed E-state index contributed by atoms with van der Waals surface area (Å²) in [6, 6.07) is -0.756. The second-order valence-electron chi connectivity index (χ2n) is 26.7. The first-order valence-corrected chi connectivity index (χ1v) is 37.9. The molecule has 0 aromatic carbocycles. The number of amides is 1. The number of hydrogen-bond acceptors (Lipinski definition) is 5. The van der Waals surface area contributed by atoms with Crippen molar-refractivity contribution in [1.82, 2.24) is 5.32 Å². The van der Waals surface area contributed by atoms with Crippen LogP contribution in [0.4, 0.5) is 0 Å². The molecule has 0 aliphatic rings. The Labute approximate surface area is 501 Å². The Morgan fingerprint density at radius 1 is 0.375 bits per heavy atom. The molecular formula is C71H146N2O6P+. The van der Waals surface area contributed by atoms with Gasteiger partial charge in [-0.25, -0.2) is 4.57 Å². The van der Waals surface area contributed by atoms with E-state index in [1.54, 1.807) is 0 Å². The number of nitrogens with zero attached hydrogens (tertiary/aromatic N) is 1. The summed E-state index contributed by atoms with van der Waals surface area (Å²) >= 11 is 0. The second-order valence-corrected chi connectivity index (χ2v) is 28.1. The molecular weight excluding hydrogens is 1010 g/mol. The molecule has 80 heavy (non-hydrogen) atoms. The van der Waals surface area contributed by atoms with Crippen LogP contribution in [0.2, 0.25) is 0 Å². The van der Waals surface area contributed by atoms with Crippen LogP contribution >= 0.6 is 7.82 Å². The molecule has 0 aromatic rings. The summed E-state index contributed by atoms with van der Waals surface area (Å²) < 4.78 is 23.9. The number of phosphoric acid groups is 1. The zero-order valence-corrected chi connectivity index (χ0v) is 56.0. The van der Waals surface area contributed by atoms with E-state index in [1.807, 2.05) is 21.1 Å². The molecule has 0 aromatic heterocycles. The van der Waals surface area contributed by atoms with E-state index in [2.05, 4.69) is 19.2 Å². The van der Waals surface area contributed by atoms with Crippen LogP contribution in [0.25, 0.3) is 0 Å². The van der Waals surface area contributed by atoms with Crippen LogP contribution in [-0.2, 0) is 18.4 Å². The topological polar surface area (TPSA) is 105 Å². The lowest BCUT2D eigenvalue weighted by molar-refractivity contribution is -0.870. The Morgan fingerprint density at radius 3 is 0.838 bits per heavy atom. The quantitative estimate of drug-likeness (QED) is 0.0318. The van der Waals surface area contributed by atoms with E-state index < -0.39 is 20.0 Å². The Hall–Kier alpha value is -0.500. The van der Waals surface area contributed by atoms with Gasteiger partial charge in [0.25, 0.3) is 0 Å². The first-order chi connectivity index (χ1) is 39.0. The molecule has 3 unspecified atom stereocenters. The van der Waals surface area contributed by atoms with Gasteiger partial charge in [0.15, 0.2) is 0 Å². The number of rotatable bonds is 69. The normalized spacial score (nSPS) is 13.5. The Kier molecular flexibility index (Phi) is 62.6. The molecule has 0 bridgehead atoms. The van der Waals surface area contributed by atoms with Gasteiger partial charge in [-0.15, -0.1) is 0 Å². The predicted molar refractivity (Wildman–Crippen MR) is 351 cm³/mol. The number of phosphoric ester groups is 1. The molecule has 0 aliphatic carbocycles. The summed E-state index contributed by atoms with van der Waals surface area (Å²) in [6.45, 7) is 4.96.